The van der Waals surface area contributed by atoms with E-state index in [1.165, 1.54) is 11.1 Å². The molecule has 0 N–H and O–H groups in total. The maximum Gasteiger partial charge on any atom is 0.410 e. The van der Waals surface area contributed by atoms with Crippen LogP contribution >= 0.6 is 0 Å². The van der Waals surface area contributed by atoms with Gasteiger partial charge in [0, 0.05) is 12.7 Å². The molecule has 1 saturated carbocycles. The number of likely N-dealkylation sites (tertiary alicyclic amines) is 1. The lowest BCUT2D eigenvalue weighted by Crippen LogP contribution is -2.55. The van der Waals surface area contributed by atoms with Crippen LogP contribution in [0, 0.1) is 5.92 Å². The molecule has 31 heavy (non-hydrogen) atoms. The fourth-order valence-corrected chi connectivity index (χ4v) is 3.83. The average molecular weight is 425 g/mol. The highest BCUT2D eigenvalue weighted by Gasteiger charge is 2.39. The van der Waals surface area contributed by atoms with E-state index in [9.17, 15) is 4.79 Å². The third-order valence-electron chi connectivity index (χ3n) is 5.74. The maximum absolute atomic E-state index is 12.3. The minimum Gasteiger partial charge on any atom is -0.490 e. The predicted molar refractivity (Wildman–Crippen MR) is 118 cm³/mol. The van der Waals surface area contributed by atoms with E-state index in [2.05, 4.69) is 23.2 Å². The number of pyridine rings is 1. The average Bonchev–Trinajstić information content (AvgIpc) is 3.46. The molecule has 4 rings (SSSR count). The lowest BCUT2D eigenvalue weighted by Gasteiger charge is -2.40. The number of nitrogens with zero attached hydrogens (tertiary/aromatic N) is 2. The molecule has 1 aromatic carbocycles. The van der Waals surface area contributed by atoms with Crippen molar-refractivity contribution in [3.05, 3.63) is 59.9 Å². The molecule has 1 aliphatic heterocycles. The Hall–Kier alpha value is -2.60. The molecule has 0 spiro atoms. The largest absolute Gasteiger partial charge is 0.490 e. The lowest BCUT2D eigenvalue weighted by atomic mass is 10.1. The number of carbonyl (C=O) groups excluding carboxylic acids is 1. The van der Waals surface area contributed by atoms with Crippen LogP contribution in [0.2, 0.25) is 0 Å². The third kappa shape index (κ3) is 5.97. The molecular weight excluding hydrogens is 392 g/mol. The first-order valence-electron chi connectivity index (χ1n) is 11.1. The van der Waals surface area contributed by atoms with Crippen LogP contribution in [0.1, 0.15) is 50.7 Å². The zero-order valence-electron chi connectivity index (χ0n) is 18.6. The monoisotopic (exact) mass is 424 g/mol. The van der Waals surface area contributed by atoms with Gasteiger partial charge >= 0.3 is 6.09 Å². The zero-order valence-corrected chi connectivity index (χ0v) is 18.6. The summed E-state index contributed by atoms with van der Waals surface area (Å²) in [6.45, 7) is 8.23. The van der Waals surface area contributed by atoms with Crippen molar-refractivity contribution in [2.24, 2.45) is 5.92 Å². The van der Waals surface area contributed by atoms with Crippen molar-refractivity contribution in [2.45, 2.75) is 57.8 Å². The van der Waals surface area contributed by atoms with Gasteiger partial charge in [-0.3, -0.25) is 4.98 Å². The molecule has 1 aromatic heterocycles. The molecule has 1 amide bonds. The van der Waals surface area contributed by atoms with E-state index in [0.717, 1.165) is 25.2 Å². The molecule has 6 nitrogen and oxygen atoms in total. The number of rotatable bonds is 8. The van der Waals surface area contributed by atoms with Crippen molar-refractivity contribution in [2.75, 3.05) is 19.8 Å². The number of hydrogen-bond donors (Lipinski definition) is 0. The normalized spacial score (nSPS) is 22.5. The van der Waals surface area contributed by atoms with Crippen LogP contribution in [0.25, 0.3) is 0 Å². The summed E-state index contributed by atoms with van der Waals surface area (Å²) in [6.07, 6.45) is 5.44. The van der Waals surface area contributed by atoms with Crippen LogP contribution in [-0.2, 0) is 16.1 Å². The molecule has 0 radical (unpaired) electrons. The highest BCUT2D eigenvalue weighted by atomic mass is 16.6. The Balaban J connectivity index is 1.22. The first kappa shape index (κ1) is 21.6. The van der Waals surface area contributed by atoms with Crippen molar-refractivity contribution in [3.63, 3.8) is 0 Å². The Labute approximate surface area is 184 Å². The number of carbonyl (C=O) groups is 1. The van der Waals surface area contributed by atoms with Gasteiger partial charge in [0.05, 0.1) is 25.5 Å². The van der Waals surface area contributed by atoms with Crippen molar-refractivity contribution in [3.8, 4) is 5.75 Å². The Bertz CT molecular complexity index is 881. The van der Waals surface area contributed by atoms with Crippen molar-refractivity contribution in [1.29, 1.82) is 0 Å². The van der Waals surface area contributed by atoms with Gasteiger partial charge in [-0.25, -0.2) is 4.79 Å². The number of ether oxygens (including phenoxy) is 3. The van der Waals surface area contributed by atoms with Crippen LogP contribution in [0.4, 0.5) is 4.79 Å². The fraction of sp³-hybridized carbons (Fsp3) is 0.520. The van der Waals surface area contributed by atoms with Crippen molar-refractivity contribution in [1.82, 2.24) is 9.88 Å². The molecule has 2 aromatic rings. The smallest absolute Gasteiger partial charge is 0.410 e. The molecule has 1 aliphatic carbocycles. The molecule has 2 heterocycles. The summed E-state index contributed by atoms with van der Waals surface area (Å²) in [5.41, 5.74) is 1.92. The second kappa shape index (κ2) is 9.27. The molecule has 2 fully saturated rings. The molecule has 6 heteroatoms. The molecule has 1 saturated heterocycles. The second-order valence-electron chi connectivity index (χ2n) is 9.48. The standard InChI is InChI=1S/C25H32N2O4/c1-25(2,3)31-24(28)27-10-9-21(27)17-30-22-11-19(13-26-14-22)23-12-20(23)16-29-15-18-7-5-4-6-8-18/h4-8,11,13-14,20-21,23H,9-10,12,15-17H2,1-3H3/t20-,21+,23-/m1/s1. The number of aromatic nitrogens is 1. The van der Waals surface area contributed by atoms with Gasteiger partial charge in [0.15, 0.2) is 0 Å². The first-order chi connectivity index (χ1) is 14.9. The molecule has 2 aliphatic rings. The summed E-state index contributed by atoms with van der Waals surface area (Å²) < 4.78 is 17.3. The van der Waals surface area contributed by atoms with E-state index < -0.39 is 5.60 Å². The summed E-state index contributed by atoms with van der Waals surface area (Å²) >= 11 is 0. The summed E-state index contributed by atoms with van der Waals surface area (Å²) in [6, 6.07) is 12.4. The first-order valence-corrected chi connectivity index (χ1v) is 11.1. The topological polar surface area (TPSA) is 60.9 Å². The van der Waals surface area contributed by atoms with Crippen LogP contribution in [0.5, 0.6) is 5.75 Å². The van der Waals surface area contributed by atoms with E-state index in [1.807, 2.05) is 45.2 Å². The van der Waals surface area contributed by atoms with E-state index in [-0.39, 0.29) is 12.1 Å². The maximum atomic E-state index is 12.3. The SMILES string of the molecule is CC(C)(C)OC(=O)N1CC[C@H]1COc1cncc([C@H]2C[C@@H]2COCc2ccccc2)c1. The number of amides is 1. The number of benzene rings is 1. The van der Waals surface area contributed by atoms with Gasteiger partial charge in [-0.2, -0.15) is 0 Å². The molecular formula is C25H32N2O4. The summed E-state index contributed by atoms with van der Waals surface area (Å²) in [7, 11) is 0. The van der Waals surface area contributed by atoms with Gasteiger partial charge in [-0.1, -0.05) is 30.3 Å². The molecule has 0 bridgehead atoms. The summed E-state index contributed by atoms with van der Waals surface area (Å²) in [5.74, 6) is 1.77. The Kier molecular flexibility index (Phi) is 6.46. The van der Waals surface area contributed by atoms with Crippen molar-refractivity contribution < 1.29 is 19.0 Å². The minimum absolute atomic E-state index is 0.0542. The van der Waals surface area contributed by atoms with Gasteiger partial charge < -0.3 is 19.1 Å². The van der Waals surface area contributed by atoms with Gasteiger partial charge in [0.1, 0.15) is 18.0 Å². The van der Waals surface area contributed by atoms with E-state index >= 15 is 0 Å². The van der Waals surface area contributed by atoms with Crippen LogP contribution in [0.3, 0.4) is 0 Å². The molecule has 166 valence electrons. The Morgan fingerprint density at radius 3 is 2.68 bits per heavy atom. The van der Waals surface area contributed by atoms with Gasteiger partial charge in [0.25, 0.3) is 0 Å². The van der Waals surface area contributed by atoms with Crippen molar-refractivity contribution >= 4 is 6.09 Å². The Morgan fingerprint density at radius 2 is 1.97 bits per heavy atom. The van der Waals surface area contributed by atoms with Crippen LogP contribution < -0.4 is 4.74 Å². The van der Waals surface area contributed by atoms with E-state index in [0.29, 0.717) is 31.6 Å². The lowest BCUT2D eigenvalue weighted by molar-refractivity contribution is -0.0141. The van der Waals surface area contributed by atoms with E-state index in [1.54, 1.807) is 11.1 Å². The number of hydrogen-bond acceptors (Lipinski definition) is 5. The highest BCUT2D eigenvalue weighted by molar-refractivity contribution is 5.69. The quantitative estimate of drug-likeness (QED) is 0.610. The van der Waals surface area contributed by atoms with Gasteiger partial charge in [-0.15, -0.1) is 0 Å². The Morgan fingerprint density at radius 1 is 1.16 bits per heavy atom. The minimum atomic E-state index is -0.484. The molecule has 0 unspecified atom stereocenters. The highest BCUT2D eigenvalue weighted by Crippen LogP contribution is 2.48. The molecule has 3 atom stereocenters. The van der Waals surface area contributed by atoms with E-state index in [4.69, 9.17) is 14.2 Å². The van der Waals surface area contributed by atoms with Gasteiger partial charge in [-0.05, 0) is 62.6 Å². The van der Waals surface area contributed by atoms with Crippen LogP contribution in [0.15, 0.2) is 48.8 Å². The summed E-state index contributed by atoms with van der Waals surface area (Å²) in [4.78, 5) is 18.4. The zero-order chi connectivity index (χ0) is 21.8. The third-order valence-corrected chi connectivity index (χ3v) is 5.74. The summed E-state index contributed by atoms with van der Waals surface area (Å²) in [5, 5.41) is 0. The van der Waals surface area contributed by atoms with Crippen LogP contribution in [-0.4, -0.2) is 47.4 Å². The predicted octanol–water partition coefficient (Wildman–Crippen LogP) is 4.79. The second-order valence-corrected chi connectivity index (χ2v) is 9.48. The van der Waals surface area contributed by atoms with Gasteiger partial charge in [0.2, 0.25) is 0 Å². The fourth-order valence-electron chi connectivity index (χ4n) is 3.83.